The van der Waals surface area contributed by atoms with Crippen molar-refractivity contribution in [3.05, 3.63) is 48.0 Å². The minimum atomic E-state index is -1.10. The molecular formula is C26H39N3O7. The van der Waals surface area contributed by atoms with Gasteiger partial charge in [0.05, 0.1) is 32.0 Å². The molecule has 0 spiro atoms. The third-order valence-electron chi connectivity index (χ3n) is 4.59. The number of carboxylic acid groups (broad SMARTS) is 1. The molecule has 0 aliphatic carbocycles. The number of nitrogens with zero attached hydrogens (tertiary/aromatic N) is 1. The van der Waals surface area contributed by atoms with Gasteiger partial charge in [0.1, 0.15) is 16.9 Å². The molecule has 36 heavy (non-hydrogen) atoms. The summed E-state index contributed by atoms with van der Waals surface area (Å²) in [6, 6.07) is 3.86. The van der Waals surface area contributed by atoms with E-state index in [9.17, 15) is 19.5 Å². The second kappa shape index (κ2) is 16.2. The van der Waals surface area contributed by atoms with Gasteiger partial charge in [0.25, 0.3) is 0 Å². The van der Waals surface area contributed by atoms with Gasteiger partial charge in [0.2, 0.25) is 0 Å². The van der Waals surface area contributed by atoms with Crippen molar-refractivity contribution in [2.24, 2.45) is 0 Å². The lowest BCUT2D eigenvalue weighted by Crippen LogP contribution is -2.35. The molecule has 0 bridgehead atoms. The van der Waals surface area contributed by atoms with Gasteiger partial charge in [-0.15, -0.1) is 0 Å². The van der Waals surface area contributed by atoms with Crippen LogP contribution in [0.2, 0.25) is 0 Å². The summed E-state index contributed by atoms with van der Waals surface area (Å²) in [6.45, 7) is 9.89. The number of carbonyl (C=O) groups excluding carboxylic acids is 2. The lowest BCUT2D eigenvalue weighted by molar-refractivity contribution is -0.137. The van der Waals surface area contributed by atoms with E-state index < -0.39 is 29.7 Å². The number of nitrogens with one attached hydrogen (secondary N) is 2. The highest BCUT2D eigenvalue weighted by Crippen LogP contribution is 2.27. The van der Waals surface area contributed by atoms with Crippen LogP contribution in [0.25, 0.3) is 0 Å². The number of ether oxygens (including phenoxy) is 3. The molecule has 0 radical (unpaired) electrons. The number of hydrogen-bond donors (Lipinski definition) is 3. The van der Waals surface area contributed by atoms with Crippen molar-refractivity contribution in [3.63, 3.8) is 0 Å². The maximum Gasteiger partial charge on any atom is 0.408 e. The van der Waals surface area contributed by atoms with E-state index in [0.29, 0.717) is 17.9 Å². The van der Waals surface area contributed by atoms with Crippen LogP contribution < -0.4 is 10.1 Å². The number of benzene rings is 1. The third-order valence-corrected chi connectivity index (χ3v) is 4.59. The van der Waals surface area contributed by atoms with E-state index in [1.807, 2.05) is 13.8 Å². The van der Waals surface area contributed by atoms with Crippen molar-refractivity contribution in [3.8, 4) is 5.75 Å². The molecule has 10 nitrogen and oxygen atoms in total. The van der Waals surface area contributed by atoms with Crippen molar-refractivity contribution < 1.29 is 33.7 Å². The number of imidazole rings is 1. The molecule has 1 aromatic heterocycles. The predicted molar refractivity (Wildman–Crippen MR) is 135 cm³/mol. The van der Waals surface area contributed by atoms with Gasteiger partial charge in [-0.2, -0.15) is 0 Å². The fourth-order valence-corrected chi connectivity index (χ4v) is 2.85. The summed E-state index contributed by atoms with van der Waals surface area (Å²) < 4.78 is 16.3. The molecule has 10 heteroatoms. The van der Waals surface area contributed by atoms with E-state index in [0.717, 1.165) is 25.7 Å². The van der Waals surface area contributed by atoms with Crippen molar-refractivity contribution in [1.82, 2.24) is 15.3 Å². The van der Waals surface area contributed by atoms with Crippen LogP contribution in [0.3, 0.4) is 0 Å². The van der Waals surface area contributed by atoms with E-state index in [4.69, 9.17) is 14.2 Å². The third kappa shape index (κ3) is 12.8. The highest BCUT2D eigenvalue weighted by Gasteiger charge is 2.25. The summed E-state index contributed by atoms with van der Waals surface area (Å²) in [5, 5.41) is 11.9. The maximum absolute atomic E-state index is 12.6. The summed E-state index contributed by atoms with van der Waals surface area (Å²) >= 11 is 0. The Bertz CT molecular complexity index is 907. The van der Waals surface area contributed by atoms with Crippen LogP contribution in [-0.2, 0) is 14.3 Å². The number of rotatable bonds is 12. The van der Waals surface area contributed by atoms with Gasteiger partial charge < -0.3 is 29.6 Å². The minimum Gasteiger partial charge on any atom is -0.493 e. The molecule has 2 rings (SSSR count). The first kappa shape index (κ1) is 30.5. The Morgan fingerprint density at radius 1 is 1.11 bits per heavy atom. The van der Waals surface area contributed by atoms with Gasteiger partial charge in [-0.3, -0.25) is 4.79 Å². The quantitative estimate of drug-likeness (QED) is 0.262. The van der Waals surface area contributed by atoms with E-state index in [2.05, 4.69) is 15.3 Å². The van der Waals surface area contributed by atoms with Crippen molar-refractivity contribution in [1.29, 1.82) is 0 Å². The molecule has 0 aliphatic rings. The summed E-state index contributed by atoms with van der Waals surface area (Å²) in [7, 11) is 0. The topological polar surface area (TPSA) is 140 Å². The normalized spacial score (nSPS) is 11.5. The standard InChI is InChI=1S/C23H35NO7.C3H4N2/c1-6-8-12-29-19-11-10-16(14-17(19)21(27)30-13-9-7-2)18(15-20(25)26)24-22(28)31-23(3,4)5;1-2-5-3-4-1/h10-11,14,18H,6-9,12-13,15H2,1-5H3,(H,24,28)(H,25,26);1-3H,(H,4,5). The summed E-state index contributed by atoms with van der Waals surface area (Å²) in [6.07, 6.45) is 7.35. The molecule has 0 saturated heterocycles. The second-order valence-electron chi connectivity index (χ2n) is 9.00. The van der Waals surface area contributed by atoms with Crippen LogP contribution in [0.5, 0.6) is 5.75 Å². The number of unbranched alkanes of at least 4 members (excludes halogenated alkanes) is 2. The number of carboxylic acids is 1. The fraction of sp³-hybridized carbons (Fsp3) is 0.538. The second-order valence-corrected chi connectivity index (χ2v) is 9.00. The molecule has 1 amide bonds. The average Bonchev–Trinajstić information content (AvgIpc) is 3.38. The highest BCUT2D eigenvalue weighted by atomic mass is 16.6. The van der Waals surface area contributed by atoms with Gasteiger partial charge in [-0.1, -0.05) is 32.8 Å². The summed E-state index contributed by atoms with van der Waals surface area (Å²) in [5.41, 5.74) is -0.0899. The SMILES string of the molecule is CCCCOC(=O)c1cc(C(CC(=O)O)NC(=O)OC(C)(C)C)ccc1OCCCC.c1c[nH]cn1. The first-order valence-electron chi connectivity index (χ1n) is 12.1. The van der Waals surface area contributed by atoms with Gasteiger partial charge in [0, 0.05) is 12.4 Å². The van der Waals surface area contributed by atoms with Crippen LogP contribution in [0, 0.1) is 0 Å². The van der Waals surface area contributed by atoms with Crippen LogP contribution in [0.1, 0.15) is 88.7 Å². The molecule has 2 aromatic rings. The molecule has 1 atom stereocenters. The first-order chi connectivity index (χ1) is 17.1. The van der Waals surface area contributed by atoms with Gasteiger partial charge in [-0.25, -0.2) is 14.6 Å². The molecule has 1 unspecified atom stereocenters. The van der Waals surface area contributed by atoms with Gasteiger partial charge >= 0.3 is 18.0 Å². The first-order valence-corrected chi connectivity index (χ1v) is 12.1. The molecule has 1 aromatic carbocycles. The van der Waals surface area contributed by atoms with Crippen LogP contribution in [-0.4, -0.2) is 51.9 Å². The number of aromatic nitrogens is 2. The molecule has 0 fully saturated rings. The van der Waals surface area contributed by atoms with Crippen molar-refractivity contribution >= 4 is 18.0 Å². The number of alkyl carbamates (subject to hydrolysis) is 1. The number of carbonyl (C=O) groups is 3. The molecule has 3 N–H and O–H groups in total. The summed E-state index contributed by atoms with van der Waals surface area (Å²) in [4.78, 5) is 42.7. The zero-order valence-electron chi connectivity index (χ0n) is 21.8. The fourth-order valence-electron chi connectivity index (χ4n) is 2.85. The molecule has 0 aliphatic heterocycles. The molecular weight excluding hydrogens is 466 g/mol. The monoisotopic (exact) mass is 505 g/mol. The van der Waals surface area contributed by atoms with Crippen LogP contribution >= 0.6 is 0 Å². The molecule has 0 saturated carbocycles. The summed E-state index contributed by atoms with van der Waals surface area (Å²) in [5.74, 6) is -1.28. The lowest BCUT2D eigenvalue weighted by atomic mass is 10.0. The number of esters is 1. The highest BCUT2D eigenvalue weighted by molar-refractivity contribution is 5.93. The number of H-pyrrole nitrogens is 1. The Kier molecular flexibility index (Phi) is 13.7. The Morgan fingerprint density at radius 2 is 1.81 bits per heavy atom. The number of aromatic amines is 1. The zero-order chi connectivity index (χ0) is 27.0. The number of aliphatic carboxylic acids is 1. The van der Waals surface area contributed by atoms with E-state index in [1.165, 1.54) is 6.07 Å². The van der Waals surface area contributed by atoms with Gasteiger partial charge in [-0.05, 0) is 51.3 Å². The predicted octanol–water partition coefficient (Wildman–Crippen LogP) is 5.27. The molecule has 1 heterocycles. The zero-order valence-corrected chi connectivity index (χ0v) is 21.8. The van der Waals surface area contributed by atoms with E-state index >= 15 is 0 Å². The Balaban J connectivity index is 0.00000115. The lowest BCUT2D eigenvalue weighted by Gasteiger charge is -2.23. The molecule has 200 valence electrons. The maximum atomic E-state index is 12.6. The van der Waals surface area contributed by atoms with Crippen LogP contribution in [0.15, 0.2) is 36.9 Å². The van der Waals surface area contributed by atoms with Gasteiger partial charge in [0.15, 0.2) is 0 Å². The Morgan fingerprint density at radius 3 is 2.33 bits per heavy atom. The van der Waals surface area contributed by atoms with Crippen molar-refractivity contribution in [2.45, 2.75) is 78.4 Å². The van der Waals surface area contributed by atoms with E-state index in [-0.39, 0.29) is 18.6 Å². The largest absolute Gasteiger partial charge is 0.493 e. The Hall–Kier alpha value is -3.56. The van der Waals surface area contributed by atoms with Crippen molar-refractivity contribution in [2.75, 3.05) is 13.2 Å². The Labute approximate surface area is 212 Å². The smallest absolute Gasteiger partial charge is 0.408 e. The minimum absolute atomic E-state index is 0.200. The van der Waals surface area contributed by atoms with E-state index in [1.54, 1.807) is 51.6 Å². The van der Waals surface area contributed by atoms with Crippen LogP contribution in [0.4, 0.5) is 4.79 Å². The number of amides is 1. The average molecular weight is 506 g/mol. The number of hydrogen-bond acceptors (Lipinski definition) is 7.